The number of rotatable bonds is 1. The molecule has 78 valence electrons. The van der Waals surface area contributed by atoms with Crippen molar-refractivity contribution in [3.8, 4) is 0 Å². The number of hydrogen-bond acceptors (Lipinski definition) is 3. The monoisotopic (exact) mass is 207 g/mol. The molecule has 0 aliphatic rings. The molecule has 4 nitrogen and oxygen atoms in total. The van der Waals surface area contributed by atoms with Crippen LogP contribution in [0.25, 0.3) is 10.9 Å². The van der Waals surface area contributed by atoms with Crippen molar-refractivity contribution >= 4 is 10.9 Å². The molecule has 0 radical (unpaired) electrons. The molecule has 1 atom stereocenters. The molecule has 0 spiro atoms. The minimum atomic E-state index is -0.420. The van der Waals surface area contributed by atoms with Crippen molar-refractivity contribution in [3.05, 3.63) is 40.2 Å². The van der Waals surface area contributed by atoms with E-state index in [1.807, 2.05) is 0 Å². The van der Waals surface area contributed by atoms with Gasteiger partial charge in [-0.2, -0.15) is 0 Å². The summed E-state index contributed by atoms with van der Waals surface area (Å²) < 4.78 is 12.9. The van der Waals surface area contributed by atoms with Crippen LogP contribution >= 0.6 is 0 Å². The number of halogens is 1. The molecule has 2 aromatic rings. The van der Waals surface area contributed by atoms with Crippen LogP contribution in [-0.2, 0) is 0 Å². The van der Waals surface area contributed by atoms with E-state index in [1.54, 1.807) is 6.92 Å². The summed E-state index contributed by atoms with van der Waals surface area (Å²) in [4.78, 5) is 18.2. The number of nitrogens with one attached hydrogen (secondary N) is 1. The predicted molar refractivity (Wildman–Crippen MR) is 54.9 cm³/mol. The Hall–Kier alpha value is -1.75. The minimum Gasteiger partial charge on any atom is -0.322 e. The fourth-order valence-electron chi connectivity index (χ4n) is 1.35. The predicted octanol–water partition coefficient (Wildman–Crippen LogP) is 1.08. The molecule has 0 bridgehead atoms. The van der Waals surface area contributed by atoms with E-state index in [9.17, 15) is 9.18 Å². The number of H-pyrrole nitrogens is 1. The maximum absolute atomic E-state index is 12.9. The van der Waals surface area contributed by atoms with Gasteiger partial charge in [0.25, 0.3) is 5.56 Å². The van der Waals surface area contributed by atoms with E-state index in [0.717, 1.165) is 0 Å². The SMILES string of the molecule is CC(N)c1nc2cc(F)ccc2c(=O)[nH]1. The number of aromatic amines is 1. The van der Waals surface area contributed by atoms with Crippen LogP contribution in [0, 0.1) is 5.82 Å². The van der Waals surface area contributed by atoms with Gasteiger partial charge in [0.1, 0.15) is 11.6 Å². The molecule has 0 saturated carbocycles. The molecule has 0 saturated heterocycles. The zero-order valence-corrected chi connectivity index (χ0v) is 8.12. The van der Waals surface area contributed by atoms with Gasteiger partial charge in [-0.3, -0.25) is 4.79 Å². The highest BCUT2D eigenvalue weighted by molar-refractivity contribution is 5.77. The van der Waals surface area contributed by atoms with E-state index in [0.29, 0.717) is 16.7 Å². The second-order valence-electron chi connectivity index (χ2n) is 3.40. The van der Waals surface area contributed by atoms with E-state index in [1.165, 1.54) is 18.2 Å². The molecular weight excluding hydrogens is 197 g/mol. The van der Waals surface area contributed by atoms with Crippen molar-refractivity contribution in [3.63, 3.8) is 0 Å². The number of fused-ring (bicyclic) bond motifs is 1. The Morgan fingerprint density at radius 3 is 2.93 bits per heavy atom. The zero-order valence-electron chi connectivity index (χ0n) is 8.12. The lowest BCUT2D eigenvalue weighted by atomic mass is 10.2. The van der Waals surface area contributed by atoms with E-state index in [2.05, 4.69) is 9.97 Å². The highest BCUT2D eigenvalue weighted by Gasteiger charge is 2.07. The Morgan fingerprint density at radius 2 is 2.27 bits per heavy atom. The Labute approximate surface area is 84.9 Å². The van der Waals surface area contributed by atoms with E-state index in [-0.39, 0.29) is 11.6 Å². The standard InChI is InChI=1S/C10H10FN3O/c1-5(12)9-13-8-4-6(11)2-3-7(8)10(15)14-9/h2-5H,12H2,1H3,(H,13,14,15). The number of aromatic nitrogens is 2. The molecule has 1 aromatic heterocycles. The third kappa shape index (κ3) is 1.73. The molecule has 0 amide bonds. The summed E-state index contributed by atoms with van der Waals surface area (Å²) in [5.74, 6) is -0.0608. The lowest BCUT2D eigenvalue weighted by Crippen LogP contribution is -2.17. The number of hydrogen-bond donors (Lipinski definition) is 2. The minimum absolute atomic E-state index is 0.299. The second kappa shape index (κ2) is 3.43. The summed E-state index contributed by atoms with van der Waals surface area (Å²) in [7, 11) is 0. The van der Waals surface area contributed by atoms with Crippen molar-refractivity contribution in [2.75, 3.05) is 0 Å². The highest BCUT2D eigenvalue weighted by atomic mass is 19.1. The summed E-state index contributed by atoms with van der Waals surface area (Å²) in [6, 6.07) is 3.47. The molecule has 0 aliphatic carbocycles. The molecule has 1 unspecified atom stereocenters. The second-order valence-corrected chi connectivity index (χ2v) is 3.40. The van der Waals surface area contributed by atoms with Gasteiger partial charge in [0.05, 0.1) is 16.9 Å². The summed E-state index contributed by atoms with van der Waals surface area (Å²) in [6.07, 6.45) is 0. The van der Waals surface area contributed by atoms with Crippen molar-refractivity contribution < 1.29 is 4.39 Å². The molecule has 0 aliphatic heterocycles. The van der Waals surface area contributed by atoms with Gasteiger partial charge >= 0.3 is 0 Å². The lowest BCUT2D eigenvalue weighted by molar-refractivity contribution is 0.629. The highest BCUT2D eigenvalue weighted by Crippen LogP contribution is 2.10. The molecule has 3 N–H and O–H groups in total. The fraction of sp³-hybridized carbons (Fsp3) is 0.200. The topological polar surface area (TPSA) is 71.8 Å². The Morgan fingerprint density at radius 1 is 1.53 bits per heavy atom. The third-order valence-corrected chi connectivity index (χ3v) is 2.12. The molecule has 1 aromatic carbocycles. The first-order valence-electron chi connectivity index (χ1n) is 4.53. The Kier molecular flexibility index (Phi) is 2.24. The number of nitrogens with two attached hydrogens (primary N) is 1. The maximum atomic E-state index is 12.9. The van der Waals surface area contributed by atoms with Crippen LogP contribution in [0.4, 0.5) is 4.39 Å². The normalized spacial score (nSPS) is 13.0. The Bertz CT molecular complexity index is 562. The van der Waals surface area contributed by atoms with E-state index in [4.69, 9.17) is 5.73 Å². The quantitative estimate of drug-likeness (QED) is 0.735. The summed E-state index contributed by atoms with van der Waals surface area (Å²) in [5, 5.41) is 0.362. The molecule has 2 rings (SSSR count). The Balaban J connectivity index is 2.80. The van der Waals surface area contributed by atoms with Gasteiger partial charge in [0, 0.05) is 6.07 Å². The van der Waals surface area contributed by atoms with Crippen LogP contribution in [0.15, 0.2) is 23.0 Å². The largest absolute Gasteiger partial charge is 0.322 e. The summed E-state index contributed by atoms with van der Waals surface area (Å²) in [5.41, 5.74) is 5.61. The van der Waals surface area contributed by atoms with Gasteiger partial charge in [-0.15, -0.1) is 0 Å². The zero-order chi connectivity index (χ0) is 11.0. The average Bonchev–Trinajstić information content (AvgIpc) is 2.16. The van der Waals surface area contributed by atoms with Gasteiger partial charge < -0.3 is 10.7 Å². The molecule has 15 heavy (non-hydrogen) atoms. The van der Waals surface area contributed by atoms with Gasteiger partial charge in [-0.1, -0.05) is 0 Å². The van der Waals surface area contributed by atoms with Gasteiger partial charge in [0.15, 0.2) is 0 Å². The van der Waals surface area contributed by atoms with Gasteiger partial charge in [-0.25, -0.2) is 9.37 Å². The average molecular weight is 207 g/mol. The van der Waals surface area contributed by atoms with Crippen LogP contribution in [0.3, 0.4) is 0 Å². The number of nitrogens with zero attached hydrogens (tertiary/aromatic N) is 1. The number of benzene rings is 1. The molecular formula is C10H10FN3O. The van der Waals surface area contributed by atoms with Crippen LogP contribution in [0.5, 0.6) is 0 Å². The van der Waals surface area contributed by atoms with E-state index < -0.39 is 5.82 Å². The first-order chi connectivity index (χ1) is 7.08. The smallest absolute Gasteiger partial charge is 0.258 e. The summed E-state index contributed by atoms with van der Waals surface area (Å²) in [6.45, 7) is 1.70. The van der Waals surface area contributed by atoms with Crippen LogP contribution < -0.4 is 11.3 Å². The fourth-order valence-corrected chi connectivity index (χ4v) is 1.35. The lowest BCUT2D eigenvalue weighted by Gasteiger charge is -2.05. The summed E-state index contributed by atoms with van der Waals surface area (Å²) >= 11 is 0. The molecule has 1 heterocycles. The van der Waals surface area contributed by atoms with Crippen LogP contribution in [0.1, 0.15) is 18.8 Å². The van der Waals surface area contributed by atoms with Crippen molar-refractivity contribution in [2.24, 2.45) is 5.73 Å². The third-order valence-electron chi connectivity index (χ3n) is 2.12. The van der Waals surface area contributed by atoms with Crippen LogP contribution in [-0.4, -0.2) is 9.97 Å². The van der Waals surface area contributed by atoms with Crippen molar-refractivity contribution in [2.45, 2.75) is 13.0 Å². The van der Waals surface area contributed by atoms with Crippen molar-refractivity contribution in [1.29, 1.82) is 0 Å². The molecule has 0 fully saturated rings. The molecule has 5 heteroatoms. The first-order valence-corrected chi connectivity index (χ1v) is 4.53. The van der Waals surface area contributed by atoms with Crippen molar-refractivity contribution in [1.82, 2.24) is 9.97 Å². The van der Waals surface area contributed by atoms with Gasteiger partial charge in [0.2, 0.25) is 0 Å². The van der Waals surface area contributed by atoms with E-state index >= 15 is 0 Å². The van der Waals surface area contributed by atoms with Crippen LogP contribution in [0.2, 0.25) is 0 Å². The maximum Gasteiger partial charge on any atom is 0.258 e. The first kappa shape index (κ1) is 9.79. The van der Waals surface area contributed by atoms with Gasteiger partial charge in [-0.05, 0) is 19.1 Å².